The second-order valence-electron chi connectivity index (χ2n) is 2.73. The van der Waals surface area contributed by atoms with Gasteiger partial charge in [-0.25, -0.2) is 0 Å². The topological polar surface area (TPSA) is 51.6 Å². The predicted octanol–water partition coefficient (Wildman–Crippen LogP) is 2.15. The fourth-order valence-corrected chi connectivity index (χ4v) is 1.38. The van der Waals surface area contributed by atoms with Gasteiger partial charge in [0.05, 0.1) is 0 Å². The van der Waals surface area contributed by atoms with E-state index in [1.54, 1.807) is 0 Å². The highest BCUT2D eigenvalue weighted by molar-refractivity contribution is 7.80. The Bertz CT molecular complexity index is 447. The van der Waals surface area contributed by atoms with Crippen LogP contribution in [0.25, 0.3) is 10.9 Å². The normalized spacial score (nSPS) is 10.2. The van der Waals surface area contributed by atoms with E-state index in [0.717, 1.165) is 16.6 Å². The molecule has 0 fully saturated rings. The Morgan fingerprint density at radius 1 is 1.38 bits per heavy atom. The van der Waals surface area contributed by atoms with Crippen LogP contribution in [0.3, 0.4) is 0 Å². The number of benzene rings is 1. The van der Waals surface area contributed by atoms with E-state index in [-0.39, 0.29) is 5.11 Å². The van der Waals surface area contributed by atoms with Crippen molar-refractivity contribution in [2.45, 2.75) is 0 Å². The minimum Gasteiger partial charge on any atom is -0.361 e. The number of hydrogen-bond acceptors (Lipinski definition) is 1. The molecular weight excluding hydrogens is 182 g/mol. The average Bonchev–Trinajstić information content (AvgIpc) is 2.49. The van der Waals surface area contributed by atoms with E-state index in [2.05, 4.69) is 22.5 Å². The standard InChI is InChI=1S/C9H8N3S/c10-9(13)12-7-1-2-8-6(5-7)3-4-11-8/h1-5,10-11H,(H,12,13). The first-order chi connectivity index (χ1) is 6.25. The molecule has 65 valence electrons. The fraction of sp³-hybridized carbons (Fsp3) is 0. The van der Waals surface area contributed by atoms with Gasteiger partial charge >= 0.3 is 0 Å². The van der Waals surface area contributed by atoms with Crippen molar-refractivity contribution in [3.05, 3.63) is 30.5 Å². The molecule has 0 saturated carbocycles. The first kappa shape index (κ1) is 8.07. The van der Waals surface area contributed by atoms with Crippen LogP contribution < -0.4 is 11.1 Å². The zero-order valence-corrected chi connectivity index (χ0v) is 7.61. The van der Waals surface area contributed by atoms with Crippen LogP contribution in [0.15, 0.2) is 30.5 Å². The molecule has 0 amide bonds. The maximum Gasteiger partial charge on any atom is 0.189 e. The largest absolute Gasteiger partial charge is 0.361 e. The Hall–Kier alpha value is -1.55. The summed E-state index contributed by atoms with van der Waals surface area (Å²) in [4.78, 5) is 3.09. The first-order valence-corrected chi connectivity index (χ1v) is 4.26. The number of anilines is 1. The third-order valence-corrected chi connectivity index (χ3v) is 1.91. The summed E-state index contributed by atoms with van der Waals surface area (Å²) in [5.74, 6) is 0. The van der Waals surface area contributed by atoms with E-state index in [9.17, 15) is 0 Å². The Morgan fingerprint density at radius 2 is 2.23 bits per heavy atom. The molecule has 0 unspecified atom stereocenters. The molecule has 0 aliphatic rings. The second-order valence-corrected chi connectivity index (χ2v) is 3.14. The number of hydrogen-bond donors (Lipinski definition) is 2. The average molecular weight is 190 g/mol. The van der Waals surface area contributed by atoms with Gasteiger partial charge in [0.15, 0.2) is 5.11 Å². The summed E-state index contributed by atoms with van der Waals surface area (Å²) in [7, 11) is 0. The smallest absolute Gasteiger partial charge is 0.189 e. The molecule has 0 aliphatic heterocycles. The molecule has 1 aromatic heterocycles. The molecule has 13 heavy (non-hydrogen) atoms. The van der Waals surface area contributed by atoms with Crippen molar-refractivity contribution in [3.63, 3.8) is 0 Å². The van der Waals surface area contributed by atoms with E-state index >= 15 is 0 Å². The van der Waals surface area contributed by atoms with Crippen LogP contribution in [0.2, 0.25) is 0 Å². The number of rotatable bonds is 1. The minimum atomic E-state index is 0.0369. The lowest BCUT2D eigenvalue weighted by Gasteiger charge is -2.01. The molecule has 1 aromatic carbocycles. The van der Waals surface area contributed by atoms with Crippen LogP contribution in [0.1, 0.15) is 0 Å². The molecule has 3 nitrogen and oxygen atoms in total. The lowest BCUT2D eigenvalue weighted by atomic mass is 10.2. The van der Waals surface area contributed by atoms with Gasteiger partial charge in [-0.1, -0.05) is 0 Å². The van der Waals surface area contributed by atoms with E-state index < -0.39 is 0 Å². The Morgan fingerprint density at radius 3 is 3.00 bits per heavy atom. The van der Waals surface area contributed by atoms with Gasteiger partial charge < -0.3 is 10.3 Å². The van der Waals surface area contributed by atoms with Gasteiger partial charge in [0.2, 0.25) is 0 Å². The Balaban J connectivity index is 2.42. The summed E-state index contributed by atoms with van der Waals surface area (Å²) in [5.41, 5.74) is 9.04. The molecule has 0 atom stereocenters. The summed E-state index contributed by atoms with van der Waals surface area (Å²) >= 11 is 4.63. The molecule has 2 rings (SSSR count). The van der Waals surface area contributed by atoms with Crippen LogP contribution in [0.5, 0.6) is 0 Å². The van der Waals surface area contributed by atoms with Crippen LogP contribution in [0.4, 0.5) is 5.69 Å². The van der Waals surface area contributed by atoms with Gasteiger partial charge in [-0.2, -0.15) is 0 Å². The third-order valence-electron chi connectivity index (χ3n) is 1.81. The Kier molecular flexibility index (Phi) is 1.90. The van der Waals surface area contributed by atoms with Crippen molar-refractivity contribution < 1.29 is 0 Å². The van der Waals surface area contributed by atoms with E-state index in [4.69, 9.17) is 5.73 Å². The molecule has 2 aromatic rings. The highest BCUT2D eigenvalue weighted by Crippen LogP contribution is 2.17. The fourth-order valence-electron chi connectivity index (χ4n) is 1.26. The highest BCUT2D eigenvalue weighted by Gasteiger charge is 1.96. The molecule has 4 heteroatoms. The maximum absolute atomic E-state index is 7.10. The molecule has 1 heterocycles. The number of thiocarbonyl (C=S) groups is 1. The lowest BCUT2D eigenvalue weighted by molar-refractivity contribution is 1.48. The second kappa shape index (κ2) is 3.06. The van der Waals surface area contributed by atoms with Crippen molar-refractivity contribution in [3.8, 4) is 0 Å². The number of H-pyrrole nitrogens is 1. The molecule has 0 aliphatic carbocycles. The number of nitrogens with one attached hydrogen (secondary N) is 3. The molecule has 0 bridgehead atoms. The van der Waals surface area contributed by atoms with Crippen molar-refractivity contribution in [1.29, 1.82) is 0 Å². The summed E-state index contributed by atoms with van der Waals surface area (Å²) < 4.78 is 0. The summed E-state index contributed by atoms with van der Waals surface area (Å²) in [6.07, 6.45) is 1.88. The van der Waals surface area contributed by atoms with E-state index in [0.29, 0.717) is 0 Å². The van der Waals surface area contributed by atoms with Gasteiger partial charge in [0.25, 0.3) is 0 Å². The predicted molar refractivity (Wildman–Crippen MR) is 57.6 cm³/mol. The van der Waals surface area contributed by atoms with Crippen molar-refractivity contribution in [2.75, 3.05) is 5.32 Å². The quantitative estimate of drug-likeness (QED) is 0.677. The Labute approximate surface area is 80.9 Å². The van der Waals surface area contributed by atoms with Gasteiger partial charge in [0, 0.05) is 22.8 Å². The van der Waals surface area contributed by atoms with Crippen LogP contribution >= 0.6 is 12.2 Å². The van der Waals surface area contributed by atoms with E-state index in [1.807, 2.05) is 30.5 Å². The molecule has 3 N–H and O–H groups in total. The van der Waals surface area contributed by atoms with Crippen LogP contribution in [-0.4, -0.2) is 10.1 Å². The van der Waals surface area contributed by atoms with Gasteiger partial charge in [0.1, 0.15) is 0 Å². The summed E-state index contributed by atoms with van der Waals surface area (Å²) in [6.45, 7) is 0. The van der Waals surface area contributed by atoms with Crippen molar-refractivity contribution >= 4 is 33.9 Å². The van der Waals surface area contributed by atoms with Crippen molar-refractivity contribution in [2.24, 2.45) is 0 Å². The monoisotopic (exact) mass is 190 g/mol. The lowest BCUT2D eigenvalue weighted by Crippen LogP contribution is -2.08. The molecule has 1 radical (unpaired) electrons. The summed E-state index contributed by atoms with van der Waals surface area (Å²) in [5, 5.41) is 3.92. The van der Waals surface area contributed by atoms with Crippen LogP contribution in [0, 0.1) is 0 Å². The SMILES string of the molecule is [NH]C(=S)Nc1ccc2[nH]ccc2c1. The molecule has 0 spiro atoms. The van der Waals surface area contributed by atoms with Gasteiger partial charge in [-0.05, 0) is 36.5 Å². The summed E-state index contributed by atoms with van der Waals surface area (Å²) in [6, 6.07) is 7.77. The van der Waals surface area contributed by atoms with Gasteiger partial charge in [-0.3, -0.25) is 5.73 Å². The molecule has 0 saturated heterocycles. The van der Waals surface area contributed by atoms with Crippen molar-refractivity contribution in [1.82, 2.24) is 10.7 Å². The maximum atomic E-state index is 7.10. The first-order valence-electron chi connectivity index (χ1n) is 3.85. The minimum absolute atomic E-state index is 0.0369. The third kappa shape index (κ3) is 1.62. The van der Waals surface area contributed by atoms with Crippen LogP contribution in [-0.2, 0) is 0 Å². The number of aromatic nitrogens is 1. The van der Waals surface area contributed by atoms with Gasteiger partial charge in [-0.15, -0.1) is 0 Å². The number of aromatic amines is 1. The zero-order chi connectivity index (χ0) is 9.26. The zero-order valence-electron chi connectivity index (χ0n) is 6.79. The highest BCUT2D eigenvalue weighted by atomic mass is 32.1. The van der Waals surface area contributed by atoms with E-state index in [1.165, 1.54) is 0 Å². The molecular formula is C9H8N3S. The number of fused-ring (bicyclic) bond motifs is 1.